The van der Waals surface area contributed by atoms with Gasteiger partial charge in [-0.15, -0.1) is 0 Å². The Morgan fingerprint density at radius 1 is 1.06 bits per heavy atom. The first-order valence-corrected chi connectivity index (χ1v) is 7.05. The van der Waals surface area contributed by atoms with E-state index in [1.165, 1.54) is 38.5 Å². The fourth-order valence-electron chi connectivity index (χ4n) is 2.56. The van der Waals surface area contributed by atoms with Crippen LogP contribution in [0.3, 0.4) is 0 Å². The maximum atomic E-state index is 5.54. The van der Waals surface area contributed by atoms with Gasteiger partial charge in [-0.3, -0.25) is 0 Å². The maximum absolute atomic E-state index is 5.54. The zero-order valence-electron chi connectivity index (χ0n) is 11.3. The molecule has 0 aromatic carbocycles. The molecule has 1 atom stereocenters. The molecule has 2 heteroatoms. The molecule has 0 amide bonds. The van der Waals surface area contributed by atoms with Crippen LogP contribution < -0.4 is 5.32 Å². The predicted molar refractivity (Wildman–Crippen MR) is 69.7 cm³/mol. The summed E-state index contributed by atoms with van der Waals surface area (Å²) < 4.78 is 5.54. The van der Waals surface area contributed by atoms with Gasteiger partial charge in [0.05, 0.1) is 12.7 Å². The van der Waals surface area contributed by atoms with Gasteiger partial charge < -0.3 is 10.1 Å². The van der Waals surface area contributed by atoms with Gasteiger partial charge in [-0.25, -0.2) is 0 Å². The largest absolute Gasteiger partial charge is 0.377 e. The van der Waals surface area contributed by atoms with Crippen molar-refractivity contribution in [1.29, 1.82) is 0 Å². The van der Waals surface area contributed by atoms with E-state index in [1.807, 2.05) is 0 Å². The lowest BCUT2D eigenvalue weighted by atomic mass is 9.93. The quantitative estimate of drug-likeness (QED) is 0.555. The minimum Gasteiger partial charge on any atom is -0.377 e. The van der Waals surface area contributed by atoms with Gasteiger partial charge in [-0.05, 0) is 39.5 Å². The second kappa shape index (κ2) is 8.08. The van der Waals surface area contributed by atoms with E-state index in [-0.39, 0.29) is 0 Å². The van der Waals surface area contributed by atoms with Gasteiger partial charge in [0.15, 0.2) is 0 Å². The van der Waals surface area contributed by atoms with Gasteiger partial charge in [0.1, 0.15) is 0 Å². The Hall–Kier alpha value is -0.0800. The van der Waals surface area contributed by atoms with Crippen molar-refractivity contribution in [2.45, 2.75) is 71.4 Å². The minimum atomic E-state index is 0.356. The van der Waals surface area contributed by atoms with Crippen LogP contribution in [0.2, 0.25) is 0 Å². The molecule has 0 bridgehead atoms. The zero-order valence-corrected chi connectivity index (χ0v) is 11.3. The number of ether oxygens (including phenoxy) is 1. The molecule has 1 aliphatic carbocycles. The molecule has 0 heterocycles. The maximum Gasteiger partial charge on any atom is 0.0594 e. The first-order chi connectivity index (χ1) is 7.70. The summed E-state index contributed by atoms with van der Waals surface area (Å²) in [4.78, 5) is 0. The van der Waals surface area contributed by atoms with Crippen molar-refractivity contribution in [2.24, 2.45) is 5.92 Å². The summed E-state index contributed by atoms with van der Waals surface area (Å²) in [6.45, 7) is 8.36. The van der Waals surface area contributed by atoms with Gasteiger partial charge in [0, 0.05) is 12.6 Å². The fraction of sp³-hybridized carbons (Fsp3) is 1.00. The Bertz CT molecular complexity index is 162. The van der Waals surface area contributed by atoms with Crippen molar-refractivity contribution in [3.8, 4) is 0 Å². The third-order valence-electron chi connectivity index (χ3n) is 3.63. The zero-order chi connectivity index (χ0) is 11.8. The topological polar surface area (TPSA) is 21.3 Å². The summed E-state index contributed by atoms with van der Waals surface area (Å²) in [7, 11) is 0. The van der Waals surface area contributed by atoms with Crippen molar-refractivity contribution in [3.63, 3.8) is 0 Å². The van der Waals surface area contributed by atoms with Crippen LogP contribution >= 0.6 is 0 Å². The molecule has 0 aliphatic heterocycles. The van der Waals surface area contributed by atoms with E-state index in [4.69, 9.17) is 4.74 Å². The van der Waals surface area contributed by atoms with Gasteiger partial charge in [-0.1, -0.05) is 25.7 Å². The van der Waals surface area contributed by atoms with Crippen LogP contribution in [0.25, 0.3) is 0 Å². The molecule has 2 nitrogen and oxygen atoms in total. The molecule has 1 N–H and O–H groups in total. The molecule has 0 spiro atoms. The lowest BCUT2D eigenvalue weighted by Crippen LogP contribution is -2.35. The normalized spacial score (nSPS) is 21.0. The molecule has 1 rings (SSSR count). The van der Waals surface area contributed by atoms with Crippen LogP contribution in [-0.2, 0) is 4.74 Å². The summed E-state index contributed by atoms with van der Waals surface area (Å²) in [5.41, 5.74) is 0. The average molecular weight is 227 g/mol. The molecule has 1 aliphatic rings. The summed E-state index contributed by atoms with van der Waals surface area (Å²) in [6.07, 6.45) is 8.94. The molecule has 16 heavy (non-hydrogen) atoms. The van der Waals surface area contributed by atoms with Crippen LogP contribution in [0.1, 0.15) is 59.3 Å². The number of hydrogen-bond donors (Lipinski definition) is 1. The predicted octanol–water partition coefficient (Wildman–Crippen LogP) is 3.36. The third kappa shape index (κ3) is 5.86. The molecular weight excluding hydrogens is 198 g/mol. The number of hydrogen-bond acceptors (Lipinski definition) is 2. The van der Waals surface area contributed by atoms with Gasteiger partial charge in [-0.2, -0.15) is 0 Å². The fourth-order valence-corrected chi connectivity index (χ4v) is 2.56. The molecule has 0 saturated heterocycles. The second-order valence-corrected chi connectivity index (χ2v) is 5.41. The Kier molecular flexibility index (Phi) is 7.06. The smallest absolute Gasteiger partial charge is 0.0594 e. The molecule has 0 unspecified atom stereocenters. The van der Waals surface area contributed by atoms with Crippen molar-refractivity contribution >= 4 is 0 Å². The van der Waals surface area contributed by atoms with Crippen LogP contribution in [0.4, 0.5) is 0 Å². The van der Waals surface area contributed by atoms with Crippen LogP contribution in [-0.4, -0.2) is 25.3 Å². The molecule has 0 aromatic heterocycles. The summed E-state index contributed by atoms with van der Waals surface area (Å²) in [5.74, 6) is 0.890. The van der Waals surface area contributed by atoms with Crippen LogP contribution in [0.15, 0.2) is 0 Å². The van der Waals surface area contributed by atoms with E-state index in [2.05, 4.69) is 26.1 Å². The average Bonchev–Trinajstić information content (AvgIpc) is 2.52. The monoisotopic (exact) mass is 227 g/mol. The van der Waals surface area contributed by atoms with Crippen molar-refractivity contribution in [2.75, 3.05) is 13.2 Å². The van der Waals surface area contributed by atoms with Gasteiger partial charge >= 0.3 is 0 Å². The molecular formula is C14H29NO. The van der Waals surface area contributed by atoms with E-state index < -0.39 is 0 Å². The lowest BCUT2D eigenvalue weighted by molar-refractivity contribution is 0.0782. The van der Waals surface area contributed by atoms with E-state index in [1.54, 1.807) is 0 Å². The number of rotatable bonds is 6. The highest BCUT2D eigenvalue weighted by Crippen LogP contribution is 2.25. The highest BCUT2D eigenvalue weighted by molar-refractivity contribution is 4.74. The Morgan fingerprint density at radius 3 is 2.25 bits per heavy atom. The Balaban J connectivity index is 2.10. The Labute approximate surface area is 101 Å². The SMILES string of the molecule is CC(C)OCCN[C@@H](C)C1CCCCCC1. The van der Waals surface area contributed by atoms with Crippen LogP contribution in [0.5, 0.6) is 0 Å². The van der Waals surface area contributed by atoms with E-state index >= 15 is 0 Å². The molecule has 1 saturated carbocycles. The lowest BCUT2D eigenvalue weighted by Gasteiger charge is -2.23. The van der Waals surface area contributed by atoms with E-state index in [0.717, 1.165) is 19.1 Å². The standard InChI is InChI=1S/C14H29NO/c1-12(2)16-11-10-15-13(3)14-8-6-4-5-7-9-14/h12-15H,4-11H2,1-3H3/t13-/m0/s1. The molecule has 0 aromatic rings. The van der Waals surface area contributed by atoms with E-state index in [0.29, 0.717) is 12.1 Å². The second-order valence-electron chi connectivity index (χ2n) is 5.41. The highest BCUT2D eigenvalue weighted by atomic mass is 16.5. The third-order valence-corrected chi connectivity index (χ3v) is 3.63. The Morgan fingerprint density at radius 2 is 1.69 bits per heavy atom. The van der Waals surface area contributed by atoms with Crippen molar-refractivity contribution < 1.29 is 4.74 Å². The number of nitrogens with one attached hydrogen (secondary N) is 1. The van der Waals surface area contributed by atoms with Gasteiger partial charge in [0.2, 0.25) is 0 Å². The summed E-state index contributed by atoms with van der Waals surface area (Å²) in [6, 6.07) is 0.661. The molecule has 96 valence electrons. The minimum absolute atomic E-state index is 0.356. The summed E-state index contributed by atoms with van der Waals surface area (Å²) in [5, 5.41) is 3.61. The van der Waals surface area contributed by atoms with Crippen LogP contribution in [0, 0.1) is 5.92 Å². The van der Waals surface area contributed by atoms with Crippen molar-refractivity contribution in [3.05, 3.63) is 0 Å². The van der Waals surface area contributed by atoms with Gasteiger partial charge in [0.25, 0.3) is 0 Å². The molecule has 1 fully saturated rings. The van der Waals surface area contributed by atoms with Crippen molar-refractivity contribution in [1.82, 2.24) is 5.32 Å². The first kappa shape index (κ1) is 14.0. The molecule has 0 radical (unpaired) electrons. The van der Waals surface area contributed by atoms with E-state index in [9.17, 15) is 0 Å². The first-order valence-electron chi connectivity index (χ1n) is 7.05. The summed E-state index contributed by atoms with van der Waals surface area (Å²) >= 11 is 0. The highest BCUT2D eigenvalue weighted by Gasteiger charge is 2.18.